The molecule has 0 fully saturated rings. The monoisotopic (exact) mass is 333 g/mol. The Morgan fingerprint density at radius 2 is 2.14 bits per heavy atom. The molecule has 0 unspecified atom stereocenters. The van der Waals surface area contributed by atoms with Crippen molar-refractivity contribution in [3.63, 3.8) is 0 Å². The van der Waals surface area contributed by atoms with Crippen LogP contribution in [0.5, 0.6) is 0 Å². The molecular formula is C16H16ClN3OS. The molecule has 0 aliphatic carbocycles. The number of fused-ring (bicyclic) bond motifs is 1. The number of rotatable bonds is 5. The molecule has 3 aromatic rings. The molecule has 0 saturated carbocycles. The number of nitrogens with zero attached hydrogens (tertiary/aromatic N) is 2. The number of benzene rings is 1. The summed E-state index contributed by atoms with van der Waals surface area (Å²) in [7, 11) is 0. The van der Waals surface area contributed by atoms with Gasteiger partial charge >= 0.3 is 0 Å². The Bertz CT molecular complexity index is 791. The summed E-state index contributed by atoms with van der Waals surface area (Å²) in [4.78, 5) is 17.4. The van der Waals surface area contributed by atoms with Gasteiger partial charge in [-0.05, 0) is 18.6 Å². The van der Waals surface area contributed by atoms with Crippen molar-refractivity contribution < 1.29 is 4.79 Å². The van der Waals surface area contributed by atoms with Crippen LogP contribution in [0.2, 0.25) is 5.02 Å². The van der Waals surface area contributed by atoms with E-state index in [9.17, 15) is 4.79 Å². The molecule has 0 atom stereocenters. The van der Waals surface area contributed by atoms with Crippen molar-refractivity contribution >= 4 is 33.8 Å². The molecule has 2 heterocycles. The smallest absolute Gasteiger partial charge is 0.225 e. The number of thiazole rings is 1. The van der Waals surface area contributed by atoms with Crippen molar-refractivity contribution in [1.29, 1.82) is 0 Å². The normalized spacial score (nSPS) is 11.0. The first-order valence-corrected chi connectivity index (χ1v) is 8.41. The maximum Gasteiger partial charge on any atom is 0.225 e. The van der Waals surface area contributed by atoms with Gasteiger partial charge in [-0.1, -0.05) is 30.7 Å². The Kier molecular flexibility index (Phi) is 4.45. The van der Waals surface area contributed by atoms with Crippen LogP contribution in [0.1, 0.15) is 19.0 Å². The zero-order chi connectivity index (χ0) is 15.5. The summed E-state index contributed by atoms with van der Waals surface area (Å²) in [5, 5.41) is 5.59. The lowest BCUT2D eigenvalue weighted by atomic mass is 10.2. The second kappa shape index (κ2) is 6.50. The molecule has 0 aliphatic heterocycles. The molecule has 1 N–H and O–H groups in total. The second-order valence-corrected chi connectivity index (χ2v) is 6.31. The van der Waals surface area contributed by atoms with Gasteiger partial charge in [-0.25, -0.2) is 4.98 Å². The summed E-state index contributed by atoms with van der Waals surface area (Å²) in [6.07, 6.45) is 3.28. The fourth-order valence-corrected chi connectivity index (χ4v) is 3.21. The molecule has 0 radical (unpaired) electrons. The summed E-state index contributed by atoms with van der Waals surface area (Å²) in [6.45, 7) is 2.75. The fourth-order valence-electron chi connectivity index (χ4n) is 2.21. The minimum atomic E-state index is 0.0447. The van der Waals surface area contributed by atoms with Gasteiger partial charge in [-0.2, -0.15) is 0 Å². The number of nitrogens with one attached hydrogen (secondary N) is 1. The highest BCUT2D eigenvalue weighted by atomic mass is 35.5. The number of carbonyl (C=O) groups excluding carboxylic acids is 1. The van der Waals surface area contributed by atoms with Gasteiger partial charge in [0, 0.05) is 34.4 Å². The van der Waals surface area contributed by atoms with E-state index in [1.54, 1.807) is 11.3 Å². The van der Waals surface area contributed by atoms with Crippen LogP contribution in [0.3, 0.4) is 0 Å². The van der Waals surface area contributed by atoms with Gasteiger partial charge in [-0.15, -0.1) is 11.3 Å². The SMILES string of the molecule is CCCNC(=O)Cc1csc2nc(-c3ccc(Cl)cc3)cn12. The summed E-state index contributed by atoms with van der Waals surface area (Å²) in [5.41, 5.74) is 2.86. The number of hydrogen-bond acceptors (Lipinski definition) is 3. The third-order valence-electron chi connectivity index (χ3n) is 3.34. The van der Waals surface area contributed by atoms with Crippen molar-refractivity contribution in [3.05, 3.63) is 46.6 Å². The van der Waals surface area contributed by atoms with Crippen molar-refractivity contribution in [3.8, 4) is 11.3 Å². The van der Waals surface area contributed by atoms with E-state index >= 15 is 0 Å². The third-order valence-corrected chi connectivity index (χ3v) is 4.48. The van der Waals surface area contributed by atoms with Gasteiger partial charge in [0.15, 0.2) is 4.96 Å². The third kappa shape index (κ3) is 3.15. The Morgan fingerprint density at radius 1 is 1.36 bits per heavy atom. The molecular weight excluding hydrogens is 318 g/mol. The van der Waals surface area contributed by atoms with E-state index in [-0.39, 0.29) is 5.91 Å². The number of imidazole rings is 1. The van der Waals surface area contributed by atoms with Crippen LogP contribution in [0.4, 0.5) is 0 Å². The summed E-state index contributed by atoms with van der Waals surface area (Å²) in [6, 6.07) is 7.59. The Labute approximate surface area is 137 Å². The van der Waals surface area contributed by atoms with Gasteiger partial charge < -0.3 is 5.32 Å². The van der Waals surface area contributed by atoms with Crippen LogP contribution < -0.4 is 5.32 Å². The largest absolute Gasteiger partial charge is 0.356 e. The number of aromatic nitrogens is 2. The number of hydrogen-bond donors (Lipinski definition) is 1. The van der Waals surface area contributed by atoms with Crippen LogP contribution in [0, 0.1) is 0 Å². The molecule has 1 amide bonds. The summed E-state index contributed by atoms with van der Waals surface area (Å²) >= 11 is 7.46. The summed E-state index contributed by atoms with van der Waals surface area (Å²) in [5.74, 6) is 0.0447. The van der Waals surface area contributed by atoms with Crippen LogP contribution in [0.15, 0.2) is 35.8 Å². The van der Waals surface area contributed by atoms with Crippen LogP contribution in [0.25, 0.3) is 16.2 Å². The van der Waals surface area contributed by atoms with E-state index in [1.807, 2.05) is 47.2 Å². The lowest BCUT2D eigenvalue weighted by Gasteiger charge is -2.02. The topological polar surface area (TPSA) is 46.4 Å². The lowest BCUT2D eigenvalue weighted by Crippen LogP contribution is -2.26. The maximum absolute atomic E-state index is 11.9. The molecule has 0 aliphatic rings. The van der Waals surface area contributed by atoms with Crippen LogP contribution >= 0.6 is 22.9 Å². The van der Waals surface area contributed by atoms with E-state index in [1.165, 1.54) is 0 Å². The molecule has 6 heteroatoms. The van der Waals surface area contributed by atoms with Gasteiger partial charge in [0.25, 0.3) is 0 Å². The maximum atomic E-state index is 11.9. The standard InChI is InChI=1S/C16H16ClN3OS/c1-2-7-18-15(21)8-13-10-22-16-19-14(9-20(13)16)11-3-5-12(17)6-4-11/h3-6,9-10H,2,7-8H2,1H3,(H,18,21). The molecule has 4 nitrogen and oxygen atoms in total. The van der Waals surface area contributed by atoms with E-state index < -0.39 is 0 Å². The van der Waals surface area contributed by atoms with Gasteiger partial charge in [0.1, 0.15) is 0 Å². The number of carbonyl (C=O) groups is 1. The molecule has 114 valence electrons. The zero-order valence-corrected chi connectivity index (χ0v) is 13.7. The van der Waals surface area contributed by atoms with Crippen molar-refractivity contribution in [2.75, 3.05) is 6.54 Å². The number of amides is 1. The van der Waals surface area contributed by atoms with Crippen molar-refractivity contribution in [1.82, 2.24) is 14.7 Å². The summed E-state index contributed by atoms with van der Waals surface area (Å²) < 4.78 is 1.99. The first-order valence-electron chi connectivity index (χ1n) is 7.15. The average Bonchev–Trinajstić information content (AvgIpc) is 3.08. The van der Waals surface area contributed by atoms with Gasteiger partial charge in [0.05, 0.1) is 12.1 Å². The highest BCUT2D eigenvalue weighted by Crippen LogP contribution is 2.25. The molecule has 0 spiro atoms. The van der Waals surface area contributed by atoms with E-state index in [4.69, 9.17) is 11.6 Å². The first-order chi connectivity index (χ1) is 10.7. The minimum absolute atomic E-state index is 0.0447. The van der Waals surface area contributed by atoms with Crippen molar-refractivity contribution in [2.24, 2.45) is 0 Å². The Hall–Kier alpha value is -1.85. The van der Waals surface area contributed by atoms with Gasteiger partial charge in [0.2, 0.25) is 5.91 Å². The van der Waals surface area contributed by atoms with E-state index in [0.717, 1.165) is 28.3 Å². The first kappa shape index (κ1) is 15.1. The average molecular weight is 334 g/mol. The Balaban J connectivity index is 1.85. The number of halogens is 1. The molecule has 0 bridgehead atoms. The van der Waals surface area contributed by atoms with Crippen LogP contribution in [-0.4, -0.2) is 21.8 Å². The highest BCUT2D eigenvalue weighted by Gasteiger charge is 2.12. The quantitative estimate of drug-likeness (QED) is 0.772. The minimum Gasteiger partial charge on any atom is -0.356 e. The molecule has 3 rings (SSSR count). The van der Waals surface area contributed by atoms with E-state index in [2.05, 4.69) is 10.3 Å². The van der Waals surface area contributed by atoms with Crippen LogP contribution in [-0.2, 0) is 11.2 Å². The molecule has 22 heavy (non-hydrogen) atoms. The van der Waals surface area contributed by atoms with E-state index in [0.29, 0.717) is 18.0 Å². The predicted octanol–water partition coefficient (Wildman–Crippen LogP) is 3.78. The molecule has 1 aromatic carbocycles. The molecule has 2 aromatic heterocycles. The Morgan fingerprint density at radius 3 is 2.86 bits per heavy atom. The molecule has 0 saturated heterocycles. The van der Waals surface area contributed by atoms with Crippen molar-refractivity contribution in [2.45, 2.75) is 19.8 Å². The van der Waals surface area contributed by atoms with Gasteiger partial charge in [-0.3, -0.25) is 9.20 Å². The zero-order valence-electron chi connectivity index (χ0n) is 12.2. The fraction of sp³-hybridized carbons (Fsp3) is 0.250. The lowest BCUT2D eigenvalue weighted by molar-refractivity contribution is -0.120. The predicted molar refractivity (Wildman–Crippen MR) is 90.5 cm³/mol. The highest BCUT2D eigenvalue weighted by molar-refractivity contribution is 7.15. The second-order valence-electron chi connectivity index (χ2n) is 5.04.